The number of fused-ring (bicyclic) bond motifs is 1. The maximum Gasteiger partial charge on any atom is 0.284 e. The maximum absolute atomic E-state index is 10.5. The van der Waals surface area contributed by atoms with E-state index in [1.54, 1.807) is 6.07 Å². The molecule has 0 aromatic carbocycles. The van der Waals surface area contributed by atoms with E-state index in [4.69, 9.17) is 15.6 Å². The molecule has 20 heavy (non-hydrogen) atoms. The van der Waals surface area contributed by atoms with Crippen molar-refractivity contribution in [2.75, 3.05) is 12.3 Å². The third-order valence-electron chi connectivity index (χ3n) is 3.45. The smallest absolute Gasteiger partial charge is 0.284 e. The molecule has 0 spiro atoms. The van der Waals surface area contributed by atoms with Gasteiger partial charge in [-0.15, -0.1) is 0 Å². The largest absolute Gasteiger partial charge is 0.394 e. The quantitative estimate of drug-likeness (QED) is 0.414. The summed E-state index contributed by atoms with van der Waals surface area (Å²) >= 11 is 0. The average Bonchev–Trinajstić information content (AvgIpc) is 2.96. The molecule has 0 unspecified atom stereocenters. The molecule has 108 valence electrons. The van der Waals surface area contributed by atoms with E-state index in [2.05, 4.69) is 9.97 Å². The van der Waals surface area contributed by atoms with Crippen LogP contribution in [0.4, 0.5) is 5.82 Å². The van der Waals surface area contributed by atoms with Crippen molar-refractivity contribution >= 4 is 16.9 Å². The van der Waals surface area contributed by atoms with Gasteiger partial charge >= 0.3 is 0 Å². The minimum absolute atomic E-state index is 0.212. The molecule has 3 rings (SSSR count). The standard InChI is InChI=1S/C11H14N4O5/c12-9-5-1-2-15(10(5)14-4-13-9)11(19)8(18)7(17)6(3-16)20-11/h1-2,4,6-8,16-19H,3H2,(H2,12,13,14)/t6-,7-,8-,11+/m1/s1. The number of nitrogens with zero attached hydrogens (tertiary/aromatic N) is 3. The van der Waals surface area contributed by atoms with Crippen LogP contribution in [0, 0.1) is 0 Å². The van der Waals surface area contributed by atoms with E-state index in [0.29, 0.717) is 5.39 Å². The van der Waals surface area contributed by atoms with E-state index in [1.165, 1.54) is 12.5 Å². The summed E-state index contributed by atoms with van der Waals surface area (Å²) < 4.78 is 6.33. The van der Waals surface area contributed by atoms with Crippen LogP contribution in [0.2, 0.25) is 0 Å². The van der Waals surface area contributed by atoms with Gasteiger partial charge in [0.15, 0.2) is 6.10 Å². The van der Waals surface area contributed by atoms with Crippen molar-refractivity contribution in [3.8, 4) is 0 Å². The van der Waals surface area contributed by atoms with Crippen LogP contribution < -0.4 is 5.73 Å². The van der Waals surface area contributed by atoms with Gasteiger partial charge in [0.2, 0.25) is 0 Å². The van der Waals surface area contributed by atoms with Crippen molar-refractivity contribution in [1.29, 1.82) is 0 Å². The molecule has 9 nitrogen and oxygen atoms in total. The van der Waals surface area contributed by atoms with Crippen LogP contribution in [0.3, 0.4) is 0 Å². The summed E-state index contributed by atoms with van der Waals surface area (Å²) in [6, 6.07) is 1.55. The molecule has 3 heterocycles. The Labute approximate surface area is 112 Å². The lowest BCUT2D eigenvalue weighted by Gasteiger charge is -2.27. The van der Waals surface area contributed by atoms with E-state index in [0.717, 1.165) is 4.57 Å². The van der Waals surface area contributed by atoms with Crippen molar-refractivity contribution in [2.45, 2.75) is 24.2 Å². The molecule has 9 heteroatoms. The Hall–Kier alpha value is -1.78. The Morgan fingerprint density at radius 1 is 1.40 bits per heavy atom. The monoisotopic (exact) mass is 282 g/mol. The molecule has 6 N–H and O–H groups in total. The van der Waals surface area contributed by atoms with Crippen LogP contribution in [-0.2, 0) is 10.6 Å². The van der Waals surface area contributed by atoms with Crippen molar-refractivity contribution in [3.63, 3.8) is 0 Å². The maximum atomic E-state index is 10.5. The van der Waals surface area contributed by atoms with Gasteiger partial charge in [0, 0.05) is 6.20 Å². The predicted molar refractivity (Wildman–Crippen MR) is 66.1 cm³/mol. The van der Waals surface area contributed by atoms with E-state index in [9.17, 15) is 15.3 Å². The zero-order chi connectivity index (χ0) is 14.5. The lowest BCUT2D eigenvalue weighted by molar-refractivity contribution is -0.286. The number of hydrogen-bond donors (Lipinski definition) is 5. The van der Waals surface area contributed by atoms with Crippen LogP contribution in [-0.4, -0.2) is 59.9 Å². The first-order chi connectivity index (χ1) is 9.49. The fourth-order valence-corrected chi connectivity index (χ4v) is 2.36. The molecule has 0 aliphatic carbocycles. The van der Waals surface area contributed by atoms with Gasteiger partial charge < -0.3 is 30.9 Å². The molecule has 0 amide bonds. The SMILES string of the molecule is Nc1ncnc2c1ccn2[C@@]1(O)O[C@H](CO)[C@@H](O)[C@H]1O. The number of ether oxygens (including phenoxy) is 1. The highest BCUT2D eigenvalue weighted by atomic mass is 16.7. The van der Waals surface area contributed by atoms with E-state index in [1.807, 2.05) is 0 Å². The zero-order valence-corrected chi connectivity index (χ0v) is 10.3. The summed E-state index contributed by atoms with van der Waals surface area (Å²) in [5.74, 6) is -2.03. The summed E-state index contributed by atoms with van der Waals surface area (Å²) in [4.78, 5) is 7.79. The van der Waals surface area contributed by atoms with Gasteiger partial charge in [-0.1, -0.05) is 0 Å². The Balaban J connectivity index is 2.13. The molecule has 1 fully saturated rings. The first kappa shape index (κ1) is 13.2. The predicted octanol–water partition coefficient (Wildman–Crippen LogP) is -2.27. The Bertz CT molecular complexity index is 647. The second kappa shape index (κ2) is 4.36. The van der Waals surface area contributed by atoms with Gasteiger partial charge in [0.1, 0.15) is 30.0 Å². The van der Waals surface area contributed by atoms with Gasteiger partial charge in [-0.05, 0) is 6.07 Å². The van der Waals surface area contributed by atoms with Crippen LogP contribution in [0.15, 0.2) is 18.6 Å². The number of anilines is 1. The van der Waals surface area contributed by atoms with E-state index < -0.39 is 30.8 Å². The Morgan fingerprint density at radius 3 is 2.80 bits per heavy atom. The molecular weight excluding hydrogens is 268 g/mol. The molecule has 0 radical (unpaired) electrons. The molecule has 2 aromatic rings. The third kappa shape index (κ3) is 1.62. The number of nitrogen functional groups attached to an aromatic ring is 1. The highest BCUT2D eigenvalue weighted by molar-refractivity contribution is 5.86. The number of rotatable bonds is 2. The lowest BCUT2D eigenvalue weighted by Crippen LogP contribution is -2.45. The van der Waals surface area contributed by atoms with Crippen molar-refractivity contribution in [1.82, 2.24) is 14.5 Å². The summed E-state index contributed by atoms with van der Waals surface area (Å²) in [5, 5.41) is 39.8. The summed E-state index contributed by atoms with van der Waals surface area (Å²) in [5.41, 5.74) is 5.93. The fraction of sp³-hybridized carbons (Fsp3) is 0.455. The van der Waals surface area contributed by atoms with Gasteiger partial charge in [0.25, 0.3) is 5.91 Å². The number of nitrogens with two attached hydrogens (primary N) is 1. The average molecular weight is 282 g/mol. The highest BCUT2D eigenvalue weighted by Crippen LogP contribution is 2.36. The highest BCUT2D eigenvalue weighted by Gasteiger charge is 2.55. The molecule has 0 bridgehead atoms. The van der Waals surface area contributed by atoms with Gasteiger partial charge in [-0.3, -0.25) is 4.57 Å². The molecule has 4 atom stereocenters. The summed E-state index contributed by atoms with van der Waals surface area (Å²) in [6.45, 7) is -0.545. The van der Waals surface area contributed by atoms with Crippen LogP contribution >= 0.6 is 0 Å². The molecule has 2 aromatic heterocycles. The first-order valence-electron chi connectivity index (χ1n) is 5.94. The second-order valence-electron chi connectivity index (χ2n) is 4.61. The van der Waals surface area contributed by atoms with E-state index in [-0.39, 0.29) is 11.5 Å². The Kier molecular flexibility index (Phi) is 2.88. The fourth-order valence-electron chi connectivity index (χ4n) is 2.36. The molecule has 1 aliphatic rings. The van der Waals surface area contributed by atoms with Crippen molar-refractivity contribution < 1.29 is 25.2 Å². The molecule has 0 saturated carbocycles. The zero-order valence-electron chi connectivity index (χ0n) is 10.3. The van der Waals surface area contributed by atoms with Gasteiger partial charge in [-0.25, -0.2) is 9.97 Å². The first-order valence-corrected chi connectivity index (χ1v) is 5.94. The molecule has 1 aliphatic heterocycles. The van der Waals surface area contributed by atoms with Crippen molar-refractivity contribution in [2.24, 2.45) is 0 Å². The third-order valence-corrected chi connectivity index (χ3v) is 3.45. The molecular formula is C11H14N4O5. The summed E-state index contributed by atoms with van der Waals surface area (Å²) in [6.07, 6.45) is -1.57. The van der Waals surface area contributed by atoms with Gasteiger partial charge in [-0.2, -0.15) is 0 Å². The van der Waals surface area contributed by atoms with Crippen molar-refractivity contribution in [3.05, 3.63) is 18.6 Å². The van der Waals surface area contributed by atoms with Gasteiger partial charge in [0.05, 0.1) is 12.0 Å². The Morgan fingerprint density at radius 2 is 2.15 bits per heavy atom. The minimum Gasteiger partial charge on any atom is -0.394 e. The van der Waals surface area contributed by atoms with Crippen LogP contribution in [0.25, 0.3) is 11.0 Å². The number of aliphatic hydroxyl groups is 4. The van der Waals surface area contributed by atoms with E-state index >= 15 is 0 Å². The summed E-state index contributed by atoms with van der Waals surface area (Å²) in [7, 11) is 0. The molecule has 1 saturated heterocycles. The minimum atomic E-state index is -2.24. The number of aliphatic hydroxyl groups excluding tert-OH is 3. The number of aromatic nitrogens is 3. The second-order valence-corrected chi connectivity index (χ2v) is 4.61. The topological polar surface area (TPSA) is 147 Å². The lowest BCUT2D eigenvalue weighted by atomic mass is 10.1. The van der Waals surface area contributed by atoms with Crippen LogP contribution in [0.5, 0.6) is 0 Å². The number of hydrogen-bond acceptors (Lipinski definition) is 8. The normalized spacial score (nSPS) is 33.9. The van der Waals surface area contributed by atoms with Crippen LogP contribution in [0.1, 0.15) is 0 Å².